The first-order valence-corrected chi connectivity index (χ1v) is 5.55. The quantitative estimate of drug-likeness (QED) is 0.743. The molecule has 1 aliphatic heterocycles. The summed E-state index contributed by atoms with van der Waals surface area (Å²) in [6, 6.07) is 0.335. The van der Waals surface area contributed by atoms with E-state index in [2.05, 4.69) is 19.2 Å². The molecule has 1 saturated heterocycles. The molecule has 0 aromatic carbocycles. The number of nitrogens with one attached hydrogen (secondary N) is 1. The number of hydrogen-bond acceptors (Lipinski definition) is 2. The Labute approximate surface area is 86.9 Å². The van der Waals surface area contributed by atoms with Gasteiger partial charge in [-0.05, 0) is 27.2 Å². The summed E-state index contributed by atoms with van der Waals surface area (Å²) in [6.45, 7) is 9.99. The number of carbonyl (C=O) groups excluding carboxylic acids is 1. The summed E-state index contributed by atoms with van der Waals surface area (Å²) < 4.78 is 0. The van der Waals surface area contributed by atoms with Gasteiger partial charge in [0.25, 0.3) is 0 Å². The van der Waals surface area contributed by atoms with Crippen molar-refractivity contribution in [1.82, 2.24) is 10.2 Å². The maximum absolute atomic E-state index is 12.0. The van der Waals surface area contributed by atoms with E-state index in [4.69, 9.17) is 0 Å². The number of piperazine rings is 1. The van der Waals surface area contributed by atoms with Crippen LogP contribution in [0.3, 0.4) is 0 Å². The van der Waals surface area contributed by atoms with Crippen LogP contribution in [0.5, 0.6) is 0 Å². The van der Waals surface area contributed by atoms with E-state index in [0.29, 0.717) is 6.04 Å². The Hall–Kier alpha value is -0.570. The van der Waals surface area contributed by atoms with Gasteiger partial charge in [0.15, 0.2) is 0 Å². The summed E-state index contributed by atoms with van der Waals surface area (Å²) in [5, 5.41) is 3.27. The molecule has 3 nitrogen and oxygen atoms in total. The van der Waals surface area contributed by atoms with E-state index in [-0.39, 0.29) is 11.4 Å². The first-order chi connectivity index (χ1) is 6.49. The van der Waals surface area contributed by atoms with Gasteiger partial charge in [-0.1, -0.05) is 13.3 Å². The molecule has 0 aromatic heterocycles. The molecule has 0 spiro atoms. The summed E-state index contributed by atoms with van der Waals surface area (Å²) in [5.74, 6) is 0.240. The van der Waals surface area contributed by atoms with Crippen LogP contribution >= 0.6 is 0 Å². The van der Waals surface area contributed by atoms with Gasteiger partial charge in [0, 0.05) is 19.1 Å². The monoisotopic (exact) mass is 198 g/mol. The Morgan fingerprint density at radius 3 is 2.79 bits per heavy atom. The highest BCUT2D eigenvalue weighted by molar-refractivity contribution is 5.86. The van der Waals surface area contributed by atoms with E-state index in [1.807, 2.05) is 18.7 Å². The van der Waals surface area contributed by atoms with Crippen LogP contribution in [0.2, 0.25) is 0 Å². The van der Waals surface area contributed by atoms with Crippen LogP contribution in [0.15, 0.2) is 0 Å². The predicted molar refractivity (Wildman–Crippen MR) is 58.2 cm³/mol. The number of carbonyl (C=O) groups is 1. The second-order valence-corrected chi connectivity index (χ2v) is 4.71. The van der Waals surface area contributed by atoms with Crippen LogP contribution in [0.4, 0.5) is 0 Å². The third-order valence-corrected chi connectivity index (χ3v) is 2.92. The molecule has 1 amide bonds. The van der Waals surface area contributed by atoms with Gasteiger partial charge in [0.1, 0.15) is 0 Å². The summed E-state index contributed by atoms with van der Waals surface area (Å²) in [5.41, 5.74) is -0.375. The highest BCUT2D eigenvalue weighted by atomic mass is 16.2. The Kier molecular flexibility index (Phi) is 3.53. The zero-order valence-electron chi connectivity index (χ0n) is 9.76. The number of rotatable bonds is 3. The van der Waals surface area contributed by atoms with Crippen LogP contribution < -0.4 is 5.32 Å². The van der Waals surface area contributed by atoms with E-state index in [9.17, 15) is 4.79 Å². The topological polar surface area (TPSA) is 32.3 Å². The van der Waals surface area contributed by atoms with Crippen molar-refractivity contribution in [3.05, 3.63) is 0 Å². The third-order valence-electron chi connectivity index (χ3n) is 2.92. The van der Waals surface area contributed by atoms with Crippen LogP contribution in [-0.2, 0) is 4.79 Å². The van der Waals surface area contributed by atoms with Gasteiger partial charge < -0.3 is 10.2 Å². The van der Waals surface area contributed by atoms with Crippen molar-refractivity contribution >= 4 is 5.91 Å². The highest BCUT2D eigenvalue weighted by Crippen LogP contribution is 2.17. The van der Waals surface area contributed by atoms with E-state index in [1.165, 1.54) is 0 Å². The minimum Gasteiger partial charge on any atom is -0.337 e. The summed E-state index contributed by atoms with van der Waals surface area (Å²) in [4.78, 5) is 14.0. The SMILES string of the molecule is CCCCN1C(=O)C(C)(C)NCC1C. The molecule has 0 radical (unpaired) electrons. The molecule has 0 bridgehead atoms. The molecule has 1 aliphatic rings. The molecular formula is C11H22N2O. The van der Waals surface area contributed by atoms with E-state index in [1.54, 1.807) is 0 Å². The zero-order valence-corrected chi connectivity index (χ0v) is 9.76. The maximum atomic E-state index is 12.0. The van der Waals surface area contributed by atoms with Gasteiger partial charge in [-0.15, -0.1) is 0 Å². The van der Waals surface area contributed by atoms with Crippen LogP contribution in [0, 0.1) is 0 Å². The lowest BCUT2D eigenvalue weighted by atomic mass is 9.97. The Balaban J connectivity index is 2.64. The maximum Gasteiger partial charge on any atom is 0.242 e. The molecule has 1 unspecified atom stereocenters. The Morgan fingerprint density at radius 1 is 1.57 bits per heavy atom. The predicted octanol–water partition coefficient (Wildman–Crippen LogP) is 1.39. The average Bonchev–Trinajstić information content (AvgIpc) is 2.13. The van der Waals surface area contributed by atoms with Gasteiger partial charge >= 0.3 is 0 Å². The molecule has 1 fully saturated rings. The van der Waals surface area contributed by atoms with Crippen LogP contribution in [-0.4, -0.2) is 35.5 Å². The fraction of sp³-hybridized carbons (Fsp3) is 0.909. The minimum atomic E-state index is -0.375. The second-order valence-electron chi connectivity index (χ2n) is 4.71. The van der Waals surface area contributed by atoms with Crippen molar-refractivity contribution in [2.45, 2.75) is 52.1 Å². The van der Waals surface area contributed by atoms with Crippen LogP contribution in [0.25, 0.3) is 0 Å². The smallest absolute Gasteiger partial charge is 0.242 e. The summed E-state index contributed by atoms with van der Waals surface area (Å²) >= 11 is 0. The first kappa shape index (κ1) is 11.5. The van der Waals surface area contributed by atoms with Crippen molar-refractivity contribution in [2.75, 3.05) is 13.1 Å². The second kappa shape index (κ2) is 4.30. The van der Waals surface area contributed by atoms with E-state index in [0.717, 1.165) is 25.9 Å². The van der Waals surface area contributed by atoms with Gasteiger partial charge in [-0.25, -0.2) is 0 Å². The largest absolute Gasteiger partial charge is 0.337 e. The lowest BCUT2D eigenvalue weighted by Crippen LogP contribution is -2.64. The van der Waals surface area contributed by atoms with Crippen molar-refractivity contribution in [1.29, 1.82) is 0 Å². The lowest BCUT2D eigenvalue weighted by Gasteiger charge is -2.42. The molecular weight excluding hydrogens is 176 g/mol. The van der Waals surface area contributed by atoms with Crippen molar-refractivity contribution < 1.29 is 4.79 Å². The molecule has 0 aliphatic carbocycles. The number of unbranched alkanes of at least 4 members (excludes halogenated alkanes) is 1. The van der Waals surface area contributed by atoms with E-state index < -0.39 is 0 Å². The molecule has 1 heterocycles. The summed E-state index contributed by atoms with van der Waals surface area (Å²) in [6.07, 6.45) is 2.25. The van der Waals surface area contributed by atoms with Crippen molar-refractivity contribution in [3.8, 4) is 0 Å². The number of hydrogen-bond donors (Lipinski definition) is 1. The Morgan fingerprint density at radius 2 is 2.21 bits per heavy atom. The molecule has 0 aromatic rings. The normalized spacial score (nSPS) is 26.7. The third kappa shape index (κ3) is 2.27. The first-order valence-electron chi connectivity index (χ1n) is 5.55. The van der Waals surface area contributed by atoms with Gasteiger partial charge in [0.05, 0.1) is 5.54 Å². The highest BCUT2D eigenvalue weighted by Gasteiger charge is 2.37. The van der Waals surface area contributed by atoms with Crippen molar-refractivity contribution in [3.63, 3.8) is 0 Å². The molecule has 0 saturated carbocycles. The van der Waals surface area contributed by atoms with Gasteiger partial charge in [-0.3, -0.25) is 4.79 Å². The average molecular weight is 198 g/mol. The molecule has 1 atom stereocenters. The lowest BCUT2D eigenvalue weighted by molar-refractivity contribution is -0.142. The van der Waals surface area contributed by atoms with Gasteiger partial charge in [0.2, 0.25) is 5.91 Å². The van der Waals surface area contributed by atoms with E-state index >= 15 is 0 Å². The minimum absolute atomic E-state index is 0.240. The Bertz CT molecular complexity index is 213. The molecule has 3 heteroatoms. The number of nitrogens with zero attached hydrogens (tertiary/aromatic N) is 1. The standard InChI is InChI=1S/C11H22N2O/c1-5-6-7-13-9(2)8-12-11(3,4)10(13)14/h9,12H,5-8H2,1-4H3. The van der Waals surface area contributed by atoms with Crippen LogP contribution in [0.1, 0.15) is 40.5 Å². The molecule has 1 rings (SSSR count). The molecule has 82 valence electrons. The fourth-order valence-corrected chi connectivity index (χ4v) is 1.80. The molecule has 14 heavy (non-hydrogen) atoms. The fourth-order valence-electron chi connectivity index (χ4n) is 1.80. The van der Waals surface area contributed by atoms with Crippen molar-refractivity contribution in [2.24, 2.45) is 0 Å². The number of amides is 1. The zero-order chi connectivity index (χ0) is 10.8. The molecule has 1 N–H and O–H groups in total. The van der Waals surface area contributed by atoms with Gasteiger partial charge in [-0.2, -0.15) is 0 Å². The summed E-state index contributed by atoms with van der Waals surface area (Å²) in [7, 11) is 0.